The van der Waals surface area contributed by atoms with Crippen LogP contribution in [0.5, 0.6) is 5.75 Å². The second-order valence-corrected chi connectivity index (χ2v) is 2.53. The Hall–Kier alpha value is -1.79. The minimum atomic E-state index is -0.383. The average Bonchev–Trinajstić information content (AvgIpc) is 2.26. The molecule has 6 N–H and O–H groups in total. The van der Waals surface area contributed by atoms with Crippen LogP contribution in [0.4, 0.5) is 5.69 Å². The Morgan fingerprint density at radius 2 is 2.14 bits per heavy atom. The molecule has 6 nitrogen and oxygen atoms in total. The molecule has 0 bridgehead atoms. The van der Waals surface area contributed by atoms with E-state index in [1.165, 1.54) is 13.2 Å². The van der Waals surface area contributed by atoms with E-state index in [4.69, 9.17) is 16.4 Å². The van der Waals surface area contributed by atoms with E-state index in [-0.39, 0.29) is 5.91 Å². The fraction of sp³-hybridized carbons (Fsp3) is 0.125. The lowest BCUT2D eigenvalue weighted by atomic mass is 10.2. The summed E-state index contributed by atoms with van der Waals surface area (Å²) in [6.07, 6.45) is 0. The largest absolute Gasteiger partial charge is 0.495 e. The van der Waals surface area contributed by atoms with Gasteiger partial charge in [0.15, 0.2) is 0 Å². The molecule has 0 radical (unpaired) electrons. The summed E-state index contributed by atoms with van der Waals surface area (Å²) in [5, 5.41) is 0. The molecule has 1 aromatic rings. The number of amides is 1. The van der Waals surface area contributed by atoms with Crippen molar-refractivity contribution in [2.45, 2.75) is 0 Å². The van der Waals surface area contributed by atoms with Crippen LogP contribution in [0.15, 0.2) is 18.2 Å². The third-order valence-electron chi connectivity index (χ3n) is 1.75. The molecule has 0 atom stereocenters. The number of methoxy groups -OCH3 is 1. The van der Waals surface area contributed by atoms with Crippen molar-refractivity contribution in [1.82, 2.24) is 5.43 Å². The van der Waals surface area contributed by atoms with Crippen LogP contribution < -0.4 is 27.3 Å². The SMILES string of the molecule is COc1cc(C(=O)NN)ccc1NN. The van der Waals surface area contributed by atoms with E-state index in [0.29, 0.717) is 17.0 Å². The van der Waals surface area contributed by atoms with E-state index >= 15 is 0 Å². The maximum absolute atomic E-state index is 11.1. The molecule has 0 aromatic heterocycles. The van der Waals surface area contributed by atoms with Crippen molar-refractivity contribution in [3.63, 3.8) is 0 Å². The minimum Gasteiger partial charge on any atom is -0.495 e. The summed E-state index contributed by atoms with van der Waals surface area (Å²) in [5.74, 6) is 10.3. The second kappa shape index (κ2) is 4.45. The van der Waals surface area contributed by atoms with Crippen LogP contribution >= 0.6 is 0 Å². The van der Waals surface area contributed by atoms with Gasteiger partial charge >= 0.3 is 0 Å². The number of carbonyl (C=O) groups is 1. The molecule has 0 saturated carbocycles. The van der Waals surface area contributed by atoms with E-state index in [0.717, 1.165) is 0 Å². The molecule has 76 valence electrons. The van der Waals surface area contributed by atoms with Gasteiger partial charge in [-0.2, -0.15) is 0 Å². The van der Waals surface area contributed by atoms with Crippen molar-refractivity contribution in [2.75, 3.05) is 12.5 Å². The molecule has 1 rings (SSSR count). The first-order valence-electron chi connectivity index (χ1n) is 3.88. The topological polar surface area (TPSA) is 102 Å². The number of rotatable bonds is 3. The van der Waals surface area contributed by atoms with E-state index in [1.807, 2.05) is 5.43 Å². The third kappa shape index (κ3) is 1.93. The zero-order chi connectivity index (χ0) is 10.6. The summed E-state index contributed by atoms with van der Waals surface area (Å²) in [4.78, 5) is 11.1. The van der Waals surface area contributed by atoms with Gasteiger partial charge in [-0.3, -0.25) is 16.1 Å². The molecular weight excluding hydrogens is 184 g/mol. The fourth-order valence-electron chi connectivity index (χ4n) is 1.04. The van der Waals surface area contributed by atoms with Gasteiger partial charge in [-0.05, 0) is 18.2 Å². The smallest absolute Gasteiger partial charge is 0.265 e. The number of carbonyl (C=O) groups excluding carboxylic acids is 1. The lowest BCUT2D eigenvalue weighted by Gasteiger charge is -2.08. The van der Waals surface area contributed by atoms with Crippen molar-refractivity contribution < 1.29 is 9.53 Å². The number of hydrazine groups is 2. The van der Waals surface area contributed by atoms with Crippen LogP contribution in [0, 0.1) is 0 Å². The maximum Gasteiger partial charge on any atom is 0.265 e. The van der Waals surface area contributed by atoms with Gasteiger partial charge in [0.05, 0.1) is 12.8 Å². The van der Waals surface area contributed by atoms with Crippen LogP contribution in [0.3, 0.4) is 0 Å². The van der Waals surface area contributed by atoms with Gasteiger partial charge in [-0.15, -0.1) is 0 Å². The van der Waals surface area contributed by atoms with Gasteiger partial charge in [0.1, 0.15) is 5.75 Å². The van der Waals surface area contributed by atoms with Gasteiger partial charge < -0.3 is 10.2 Å². The highest BCUT2D eigenvalue weighted by molar-refractivity contribution is 5.94. The Bertz CT molecular complexity index is 340. The molecule has 14 heavy (non-hydrogen) atoms. The third-order valence-corrected chi connectivity index (χ3v) is 1.75. The molecule has 0 heterocycles. The van der Waals surface area contributed by atoms with Crippen LogP contribution in [-0.4, -0.2) is 13.0 Å². The van der Waals surface area contributed by atoms with Crippen LogP contribution in [0.25, 0.3) is 0 Å². The molecule has 0 aliphatic carbocycles. The van der Waals surface area contributed by atoms with Gasteiger partial charge in [0.25, 0.3) is 5.91 Å². The number of nitrogens with two attached hydrogens (primary N) is 2. The molecule has 1 amide bonds. The number of hydrogen-bond acceptors (Lipinski definition) is 5. The normalized spacial score (nSPS) is 9.36. The monoisotopic (exact) mass is 196 g/mol. The predicted molar refractivity (Wildman–Crippen MR) is 52.5 cm³/mol. The molecule has 6 heteroatoms. The van der Waals surface area contributed by atoms with Crippen molar-refractivity contribution in [1.29, 1.82) is 0 Å². The number of anilines is 1. The Balaban J connectivity index is 3.07. The summed E-state index contributed by atoms with van der Waals surface area (Å²) in [6.45, 7) is 0. The molecule has 0 unspecified atom stereocenters. The Morgan fingerprint density at radius 3 is 2.64 bits per heavy atom. The van der Waals surface area contributed by atoms with E-state index in [1.54, 1.807) is 12.1 Å². The first kappa shape index (κ1) is 10.3. The Kier molecular flexibility index (Phi) is 3.27. The van der Waals surface area contributed by atoms with Crippen LogP contribution in [0.2, 0.25) is 0 Å². The lowest BCUT2D eigenvalue weighted by molar-refractivity contribution is 0.0953. The number of hydrogen-bond donors (Lipinski definition) is 4. The standard InChI is InChI=1S/C8H12N4O2/c1-14-7-4-5(8(13)12-10)2-3-6(7)11-9/h2-4,11H,9-10H2,1H3,(H,12,13). The second-order valence-electron chi connectivity index (χ2n) is 2.53. The summed E-state index contributed by atoms with van der Waals surface area (Å²) < 4.78 is 5.01. The minimum absolute atomic E-state index is 0.383. The van der Waals surface area contributed by atoms with Gasteiger partial charge in [-0.25, -0.2) is 5.84 Å². The van der Waals surface area contributed by atoms with Gasteiger partial charge in [0.2, 0.25) is 0 Å². The van der Waals surface area contributed by atoms with Gasteiger partial charge in [0, 0.05) is 5.56 Å². The number of benzene rings is 1. The maximum atomic E-state index is 11.1. The highest BCUT2D eigenvalue weighted by Gasteiger charge is 2.07. The first-order chi connectivity index (χ1) is 6.72. The van der Waals surface area contributed by atoms with Crippen LogP contribution in [-0.2, 0) is 0 Å². The highest BCUT2D eigenvalue weighted by atomic mass is 16.5. The van der Waals surface area contributed by atoms with E-state index < -0.39 is 0 Å². The molecule has 0 saturated heterocycles. The van der Waals surface area contributed by atoms with Crippen molar-refractivity contribution in [3.05, 3.63) is 23.8 Å². The first-order valence-corrected chi connectivity index (χ1v) is 3.88. The molecule has 0 fully saturated rings. The number of ether oxygens (including phenoxy) is 1. The fourth-order valence-corrected chi connectivity index (χ4v) is 1.04. The number of nitrogen functional groups attached to an aromatic ring is 2. The van der Waals surface area contributed by atoms with Gasteiger partial charge in [-0.1, -0.05) is 0 Å². The van der Waals surface area contributed by atoms with Crippen molar-refractivity contribution in [2.24, 2.45) is 11.7 Å². The molecular formula is C8H12N4O2. The zero-order valence-corrected chi connectivity index (χ0v) is 7.70. The molecule has 0 spiro atoms. The Labute approximate surface area is 81.2 Å². The Morgan fingerprint density at radius 1 is 1.43 bits per heavy atom. The summed E-state index contributed by atoms with van der Waals surface area (Å²) in [5.41, 5.74) is 5.47. The quantitative estimate of drug-likeness (QED) is 0.299. The van der Waals surface area contributed by atoms with E-state index in [2.05, 4.69) is 5.43 Å². The average molecular weight is 196 g/mol. The number of nitrogens with one attached hydrogen (secondary N) is 2. The van der Waals surface area contributed by atoms with Crippen molar-refractivity contribution in [3.8, 4) is 5.75 Å². The summed E-state index contributed by atoms with van der Waals surface area (Å²) in [6, 6.07) is 4.75. The van der Waals surface area contributed by atoms with Crippen LogP contribution in [0.1, 0.15) is 10.4 Å². The molecule has 0 aliphatic heterocycles. The predicted octanol–water partition coefficient (Wildman–Crippen LogP) is -0.416. The highest BCUT2D eigenvalue weighted by Crippen LogP contribution is 2.24. The lowest BCUT2D eigenvalue weighted by Crippen LogP contribution is -2.30. The van der Waals surface area contributed by atoms with E-state index in [9.17, 15) is 4.79 Å². The molecule has 0 aliphatic rings. The summed E-state index contributed by atoms with van der Waals surface area (Å²) >= 11 is 0. The van der Waals surface area contributed by atoms with Crippen molar-refractivity contribution >= 4 is 11.6 Å². The molecule has 1 aromatic carbocycles. The zero-order valence-electron chi connectivity index (χ0n) is 7.70. The summed E-state index contributed by atoms with van der Waals surface area (Å²) in [7, 11) is 1.49.